The van der Waals surface area contributed by atoms with E-state index < -0.39 is 66.7 Å². The van der Waals surface area contributed by atoms with Gasteiger partial charge in [0.1, 0.15) is 29.7 Å². The molecule has 16 heteroatoms. The molecule has 2 heterocycles. The molecule has 41 heavy (non-hydrogen) atoms. The molecule has 0 aromatic heterocycles. The van der Waals surface area contributed by atoms with Gasteiger partial charge in [0.15, 0.2) is 6.29 Å². The van der Waals surface area contributed by atoms with Crippen molar-refractivity contribution in [2.45, 2.75) is 87.3 Å². The summed E-state index contributed by atoms with van der Waals surface area (Å²) in [5, 5.41) is 52.0. The molecule has 10 atom stereocenters. The third-order valence-electron chi connectivity index (χ3n) is 7.42. The summed E-state index contributed by atoms with van der Waals surface area (Å²) in [5.74, 6) is 0.680. The first kappa shape index (κ1) is 33.4. The summed E-state index contributed by atoms with van der Waals surface area (Å²) in [5.41, 5.74) is 16.8. The molecule has 0 aromatic carbocycles. The van der Waals surface area contributed by atoms with Crippen LogP contribution in [-0.4, -0.2) is 132 Å². The fourth-order valence-electron chi connectivity index (χ4n) is 5.12. The van der Waals surface area contributed by atoms with Crippen LogP contribution in [0.1, 0.15) is 26.7 Å². The van der Waals surface area contributed by atoms with Gasteiger partial charge in [0.25, 0.3) is 6.29 Å². The summed E-state index contributed by atoms with van der Waals surface area (Å²) in [6.07, 6.45) is -2.33. The highest BCUT2D eigenvalue weighted by Crippen LogP contribution is 2.32. The Hall–Kier alpha value is -2.09. The van der Waals surface area contributed by atoms with Crippen LogP contribution in [0.25, 0.3) is 0 Å². The van der Waals surface area contributed by atoms with Crippen molar-refractivity contribution in [3.8, 4) is 0 Å². The number of nitrogens with two attached hydrogens (primary N) is 3. The summed E-state index contributed by atoms with van der Waals surface area (Å²) in [7, 11) is 1.57. The van der Waals surface area contributed by atoms with E-state index >= 15 is 0 Å². The van der Waals surface area contributed by atoms with Crippen molar-refractivity contribution in [2.24, 2.45) is 17.2 Å². The minimum absolute atomic E-state index is 0.0190. The molecule has 2 aliphatic heterocycles. The number of aliphatic hydroxyl groups excluding tert-OH is 2. The van der Waals surface area contributed by atoms with Crippen LogP contribution in [0.5, 0.6) is 0 Å². The zero-order chi connectivity index (χ0) is 30.3. The van der Waals surface area contributed by atoms with Crippen LogP contribution in [0, 0.1) is 0 Å². The fraction of sp³-hybridized carbons (Fsp3) is 0.800. The molecule has 16 nitrogen and oxygen atoms in total. The summed E-state index contributed by atoms with van der Waals surface area (Å²) in [4.78, 5) is 12.6. The minimum Gasteiger partial charge on any atom is -0.461 e. The van der Waals surface area contributed by atoms with E-state index in [1.54, 1.807) is 7.05 Å². The first-order valence-corrected chi connectivity index (χ1v) is 13.9. The Kier molecular flexibility index (Phi) is 12.1. The van der Waals surface area contributed by atoms with Gasteiger partial charge in [-0.25, -0.2) is 9.86 Å². The van der Waals surface area contributed by atoms with Gasteiger partial charge in [-0.3, -0.25) is 5.21 Å². The number of hydrogen-bond donors (Lipinski definition) is 10. The highest BCUT2D eigenvalue weighted by molar-refractivity contribution is 5.73. The average molecular weight is 590 g/mol. The van der Waals surface area contributed by atoms with Crippen LogP contribution in [0.3, 0.4) is 0 Å². The maximum Gasteiger partial charge on any atom is 0.341 e. The lowest BCUT2D eigenvalue weighted by molar-refractivity contribution is -0.290. The van der Waals surface area contributed by atoms with E-state index in [1.165, 1.54) is 13.2 Å². The number of rotatable bonds is 11. The van der Waals surface area contributed by atoms with Gasteiger partial charge in [-0.2, -0.15) is 0 Å². The van der Waals surface area contributed by atoms with E-state index in [-0.39, 0.29) is 31.7 Å². The molecule has 1 unspecified atom stereocenters. The Labute approximate surface area is 239 Å². The predicted molar refractivity (Wildman–Crippen MR) is 146 cm³/mol. The van der Waals surface area contributed by atoms with Gasteiger partial charge >= 0.3 is 6.03 Å². The summed E-state index contributed by atoms with van der Waals surface area (Å²) in [6.45, 7) is 4.46. The third kappa shape index (κ3) is 8.26. The SMILES string of the molecule is CCNCC1=CC[C@@H](N)[C@@H](OC=C2[C@@H](N)C[C@@H](NC(=O)N(O)CCN)C(O[C@H]3OC[C@](C)(O)[C@H](NC)[C@H]3O)[C@H]2O)O1. The third-order valence-corrected chi connectivity index (χ3v) is 7.42. The zero-order valence-corrected chi connectivity index (χ0v) is 23.8. The number of hydrogen-bond acceptors (Lipinski definition) is 14. The monoisotopic (exact) mass is 589 g/mol. The van der Waals surface area contributed by atoms with Gasteiger partial charge in [-0.05, 0) is 39.4 Å². The lowest BCUT2D eigenvalue weighted by atomic mass is 9.82. The molecule has 0 radical (unpaired) electrons. The van der Waals surface area contributed by atoms with Crippen molar-refractivity contribution in [3.05, 3.63) is 23.7 Å². The molecular formula is C25H47N7O9. The lowest BCUT2D eigenvalue weighted by Gasteiger charge is -2.47. The van der Waals surface area contributed by atoms with Gasteiger partial charge in [-0.1, -0.05) is 6.92 Å². The molecule has 1 saturated heterocycles. The maximum atomic E-state index is 12.6. The lowest BCUT2D eigenvalue weighted by Crippen LogP contribution is -2.67. The standard InChI is InChI=1S/C25H47N7O9/c1-4-30-10-13-5-6-15(27)22(40-13)38-11-14-16(28)9-17(31-24(35)32(37)8-7-26)20(18(14)33)41-23-19(34)21(29-3)25(2,36)12-39-23/h5,11,15-23,29-30,33-34,36-37H,4,6-10,12,26-28H2,1-3H3,(H,31,35)/t15-,16+,17-,18+,19-,20?,21-,22+,23-,25+/m1/s1. The number of amides is 2. The number of carbonyl (C=O) groups excluding carboxylic acids is 1. The van der Waals surface area contributed by atoms with Gasteiger partial charge in [0, 0.05) is 18.2 Å². The Bertz CT molecular complexity index is 924. The van der Waals surface area contributed by atoms with E-state index in [4.69, 9.17) is 36.1 Å². The second-order valence-corrected chi connectivity index (χ2v) is 10.7. The number of nitrogens with zero attached hydrogens (tertiary/aromatic N) is 1. The molecular weight excluding hydrogens is 542 g/mol. The molecule has 236 valence electrons. The molecule has 3 rings (SSSR count). The van der Waals surface area contributed by atoms with Crippen molar-refractivity contribution in [1.29, 1.82) is 0 Å². The molecule has 13 N–H and O–H groups in total. The van der Waals surface area contributed by atoms with Crippen molar-refractivity contribution >= 4 is 6.03 Å². The highest BCUT2D eigenvalue weighted by Gasteiger charge is 2.50. The quantitative estimate of drug-likeness (QED) is 0.0644. The number of likely N-dealkylation sites (N-methyl/N-ethyl adjacent to an activating group) is 2. The van der Waals surface area contributed by atoms with Crippen molar-refractivity contribution in [2.75, 3.05) is 39.8 Å². The highest BCUT2D eigenvalue weighted by atomic mass is 16.7. The molecule has 1 aliphatic carbocycles. The number of carbonyl (C=O) groups is 1. The minimum atomic E-state index is -1.44. The van der Waals surface area contributed by atoms with Crippen LogP contribution in [-0.2, 0) is 18.9 Å². The summed E-state index contributed by atoms with van der Waals surface area (Å²) < 4.78 is 23.4. The van der Waals surface area contributed by atoms with E-state index in [9.17, 15) is 25.3 Å². The molecule has 0 aromatic rings. The second kappa shape index (κ2) is 14.9. The molecule has 3 aliphatic rings. The number of nitrogens with one attached hydrogen (secondary N) is 3. The predicted octanol–water partition coefficient (Wildman–Crippen LogP) is -3.28. The number of urea groups is 1. The Morgan fingerprint density at radius 3 is 2.71 bits per heavy atom. The molecule has 1 saturated carbocycles. The maximum absolute atomic E-state index is 12.6. The largest absolute Gasteiger partial charge is 0.461 e. The first-order valence-electron chi connectivity index (χ1n) is 13.9. The average Bonchev–Trinajstić information content (AvgIpc) is 2.92. The van der Waals surface area contributed by atoms with Gasteiger partial charge in [0.05, 0.1) is 44.1 Å². The van der Waals surface area contributed by atoms with Gasteiger partial charge in [0.2, 0.25) is 0 Å². The van der Waals surface area contributed by atoms with Crippen molar-refractivity contribution in [1.82, 2.24) is 21.0 Å². The van der Waals surface area contributed by atoms with Crippen LogP contribution in [0.4, 0.5) is 4.79 Å². The molecule has 0 spiro atoms. The Morgan fingerprint density at radius 2 is 2.05 bits per heavy atom. The normalized spacial score (nSPS) is 38.6. The van der Waals surface area contributed by atoms with Crippen molar-refractivity contribution < 1.29 is 44.3 Å². The van der Waals surface area contributed by atoms with Gasteiger partial charge < -0.3 is 67.4 Å². The Balaban J connectivity index is 1.81. The van der Waals surface area contributed by atoms with E-state index in [0.29, 0.717) is 23.8 Å². The number of ether oxygens (including phenoxy) is 4. The second-order valence-electron chi connectivity index (χ2n) is 10.7. The first-order chi connectivity index (χ1) is 19.4. The van der Waals surface area contributed by atoms with Crippen LogP contribution in [0.2, 0.25) is 0 Å². The Morgan fingerprint density at radius 1 is 1.32 bits per heavy atom. The number of hydroxylamine groups is 2. The zero-order valence-electron chi connectivity index (χ0n) is 23.8. The smallest absolute Gasteiger partial charge is 0.341 e. The molecule has 2 fully saturated rings. The summed E-state index contributed by atoms with van der Waals surface area (Å²) in [6, 6.07) is -3.88. The molecule has 0 bridgehead atoms. The van der Waals surface area contributed by atoms with E-state index in [1.807, 2.05) is 13.0 Å². The van der Waals surface area contributed by atoms with E-state index in [0.717, 1.165) is 6.54 Å². The van der Waals surface area contributed by atoms with Crippen LogP contribution in [0.15, 0.2) is 23.7 Å². The topological polar surface area (TPSA) is 252 Å². The summed E-state index contributed by atoms with van der Waals surface area (Å²) >= 11 is 0. The fourth-order valence-corrected chi connectivity index (χ4v) is 5.12. The van der Waals surface area contributed by atoms with Crippen LogP contribution < -0.4 is 33.2 Å². The van der Waals surface area contributed by atoms with E-state index in [2.05, 4.69) is 16.0 Å². The van der Waals surface area contributed by atoms with Crippen molar-refractivity contribution in [3.63, 3.8) is 0 Å². The number of aliphatic hydroxyl groups is 3. The molecule has 2 amide bonds. The van der Waals surface area contributed by atoms with Crippen LogP contribution >= 0.6 is 0 Å². The van der Waals surface area contributed by atoms with Gasteiger partial charge in [-0.15, -0.1) is 0 Å².